The van der Waals surface area contributed by atoms with Crippen LogP contribution in [-0.2, 0) is 4.74 Å². The molecule has 188 valence electrons. The van der Waals surface area contributed by atoms with E-state index in [1.54, 1.807) is 7.11 Å². The van der Waals surface area contributed by atoms with Gasteiger partial charge in [0.05, 0.1) is 0 Å². The Morgan fingerprint density at radius 2 is 0.484 bits per heavy atom. The van der Waals surface area contributed by atoms with Gasteiger partial charge in [-0.25, -0.2) is 0 Å². The summed E-state index contributed by atoms with van der Waals surface area (Å²) >= 11 is 0. The Morgan fingerprint density at radius 3 is 0.677 bits per heavy atom. The highest BCUT2D eigenvalue weighted by molar-refractivity contribution is 4.52. The quantitative estimate of drug-likeness (QED) is 0.110. The Labute approximate surface area is 198 Å². The summed E-state index contributed by atoms with van der Waals surface area (Å²) < 4.78 is 5.10. The van der Waals surface area contributed by atoms with Gasteiger partial charge in [0, 0.05) is 13.7 Å². The fourth-order valence-corrected chi connectivity index (χ4v) is 4.74. The van der Waals surface area contributed by atoms with Crippen LogP contribution in [0.2, 0.25) is 0 Å². The van der Waals surface area contributed by atoms with E-state index in [0.29, 0.717) is 0 Å². The molecule has 0 aliphatic rings. The van der Waals surface area contributed by atoms with Gasteiger partial charge in [-0.2, -0.15) is 0 Å². The first-order valence-electron chi connectivity index (χ1n) is 14.9. The summed E-state index contributed by atoms with van der Waals surface area (Å²) in [5, 5.41) is 0. The molecule has 0 spiro atoms. The first-order chi connectivity index (χ1) is 15.4. The fraction of sp³-hybridized carbons (Fsp3) is 1.00. The van der Waals surface area contributed by atoms with Gasteiger partial charge >= 0.3 is 0 Å². The average Bonchev–Trinajstić information content (AvgIpc) is 2.78. The van der Waals surface area contributed by atoms with Crippen LogP contribution < -0.4 is 0 Å². The largest absolute Gasteiger partial charge is 0.385 e. The van der Waals surface area contributed by atoms with Crippen molar-refractivity contribution in [3.63, 3.8) is 0 Å². The van der Waals surface area contributed by atoms with Crippen molar-refractivity contribution in [2.24, 2.45) is 0 Å². The third-order valence-corrected chi connectivity index (χ3v) is 6.95. The molecule has 0 unspecified atom stereocenters. The van der Waals surface area contributed by atoms with Crippen LogP contribution in [0.1, 0.15) is 180 Å². The summed E-state index contributed by atoms with van der Waals surface area (Å²) in [6.45, 7) is 3.25. The highest BCUT2D eigenvalue weighted by Gasteiger charge is 1.96. The highest BCUT2D eigenvalue weighted by Crippen LogP contribution is 2.16. The normalized spacial score (nSPS) is 11.4. The molecular formula is C30H62O. The van der Waals surface area contributed by atoms with Crippen molar-refractivity contribution in [2.45, 2.75) is 180 Å². The van der Waals surface area contributed by atoms with Crippen LogP contribution >= 0.6 is 0 Å². The molecule has 0 heterocycles. The minimum absolute atomic E-state index is 0.944. The van der Waals surface area contributed by atoms with Crippen molar-refractivity contribution in [3.8, 4) is 0 Å². The van der Waals surface area contributed by atoms with E-state index in [2.05, 4.69) is 6.92 Å². The minimum atomic E-state index is 0.944. The molecular weight excluding hydrogens is 376 g/mol. The molecule has 1 nitrogen and oxygen atoms in total. The second-order valence-electron chi connectivity index (χ2n) is 10.2. The molecule has 1 heteroatoms. The van der Waals surface area contributed by atoms with Gasteiger partial charge < -0.3 is 4.74 Å². The Kier molecular flexibility index (Phi) is 29.9. The lowest BCUT2D eigenvalue weighted by Gasteiger charge is -2.04. The number of methoxy groups -OCH3 is 1. The minimum Gasteiger partial charge on any atom is -0.385 e. The van der Waals surface area contributed by atoms with Gasteiger partial charge in [0.1, 0.15) is 0 Å². The molecule has 0 aliphatic carbocycles. The van der Waals surface area contributed by atoms with E-state index in [9.17, 15) is 0 Å². The zero-order valence-corrected chi connectivity index (χ0v) is 22.2. The van der Waals surface area contributed by atoms with E-state index in [4.69, 9.17) is 4.74 Å². The summed E-state index contributed by atoms with van der Waals surface area (Å²) in [6.07, 6.45) is 39.3. The molecule has 0 aromatic heterocycles. The Morgan fingerprint density at radius 1 is 0.290 bits per heavy atom. The zero-order valence-electron chi connectivity index (χ0n) is 22.2. The average molecular weight is 439 g/mol. The fourth-order valence-electron chi connectivity index (χ4n) is 4.74. The van der Waals surface area contributed by atoms with E-state index >= 15 is 0 Å². The van der Waals surface area contributed by atoms with Gasteiger partial charge in [0.25, 0.3) is 0 Å². The number of rotatable bonds is 28. The van der Waals surface area contributed by atoms with E-state index in [1.165, 1.54) is 173 Å². The van der Waals surface area contributed by atoms with E-state index in [1.807, 2.05) is 0 Å². The van der Waals surface area contributed by atoms with E-state index in [-0.39, 0.29) is 0 Å². The predicted octanol–water partition coefficient (Wildman–Crippen LogP) is 11.2. The molecule has 0 aromatic rings. The number of hydrogen-bond donors (Lipinski definition) is 0. The maximum atomic E-state index is 5.10. The third kappa shape index (κ3) is 30.0. The van der Waals surface area contributed by atoms with E-state index < -0.39 is 0 Å². The van der Waals surface area contributed by atoms with Crippen LogP contribution in [0.3, 0.4) is 0 Å². The number of hydrogen-bond acceptors (Lipinski definition) is 1. The molecule has 0 radical (unpaired) electrons. The molecule has 31 heavy (non-hydrogen) atoms. The molecule has 0 saturated heterocycles. The summed E-state index contributed by atoms with van der Waals surface area (Å²) in [7, 11) is 1.81. The topological polar surface area (TPSA) is 9.23 Å². The van der Waals surface area contributed by atoms with Crippen molar-refractivity contribution in [1.82, 2.24) is 0 Å². The van der Waals surface area contributed by atoms with Crippen LogP contribution in [0, 0.1) is 0 Å². The van der Waals surface area contributed by atoms with Crippen molar-refractivity contribution in [1.29, 1.82) is 0 Å². The maximum absolute atomic E-state index is 5.10. The van der Waals surface area contributed by atoms with Gasteiger partial charge in [-0.1, -0.05) is 174 Å². The van der Waals surface area contributed by atoms with Gasteiger partial charge in [-0.15, -0.1) is 0 Å². The Bertz CT molecular complexity index is 260. The van der Waals surface area contributed by atoms with Crippen molar-refractivity contribution >= 4 is 0 Å². The van der Waals surface area contributed by atoms with Crippen molar-refractivity contribution in [3.05, 3.63) is 0 Å². The second kappa shape index (κ2) is 30.0. The lowest BCUT2D eigenvalue weighted by Crippen LogP contribution is -1.88. The lowest BCUT2D eigenvalue weighted by atomic mass is 10.0. The summed E-state index contributed by atoms with van der Waals surface area (Å²) in [5.74, 6) is 0. The molecule has 0 N–H and O–H groups in total. The van der Waals surface area contributed by atoms with Crippen LogP contribution in [0.4, 0.5) is 0 Å². The van der Waals surface area contributed by atoms with Crippen molar-refractivity contribution < 1.29 is 4.74 Å². The Hall–Kier alpha value is -0.0400. The molecule has 0 rings (SSSR count). The second-order valence-corrected chi connectivity index (χ2v) is 10.2. The van der Waals surface area contributed by atoms with Gasteiger partial charge in [-0.3, -0.25) is 0 Å². The smallest absolute Gasteiger partial charge is 0.0462 e. The van der Waals surface area contributed by atoms with Crippen molar-refractivity contribution in [2.75, 3.05) is 13.7 Å². The highest BCUT2D eigenvalue weighted by atomic mass is 16.5. The molecule has 0 bridgehead atoms. The lowest BCUT2D eigenvalue weighted by molar-refractivity contribution is 0.192. The monoisotopic (exact) mass is 438 g/mol. The maximum Gasteiger partial charge on any atom is 0.0462 e. The summed E-state index contributed by atoms with van der Waals surface area (Å²) in [6, 6.07) is 0. The van der Waals surface area contributed by atoms with Crippen LogP contribution in [0.25, 0.3) is 0 Å². The number of ether oxygens (including phenoxy) is 1. The first kappa shape index (κ1) is 31.0. The molecule has 0 saturated carbocycles. The number of unbranched alkanes of at least 4 members (excludes halogenated alkanes) is 26. The molecule has 0 amide bonds. The van der Waals surface area contributed by atoms with Crippen LogP contribution in [0.5, 0.6) is 0 Å². The van der Waals surface area contributed by atoms with Crippen LogP contribution in [0.15, 0.2) is 0 Å². The Balaban J connectivity index is 2.98. The molecule has 0 aliphatic heterocycles. The van der Waals surface area contributed by atoms with Gasteiger partial charge in [-0.05, 0) is 6.42 Å². The summed E-state index contributed by atoms with van der Waals surface area (Å²) in [4.78, 5) is 0. The third-order valence-electron chi connectivity index (χ3n) is 6.95. The predicted molar refractivity (Wildman–Crippen MR) is 142 cm³/mol. The molecule has 0 fully saturated rings. The van der Waals surface area contributed by atoms with Crippen LogP contribution in [-0.4, -0.2) is 13.7 Å². The van der Waals surface area contributed by atoms with Gasteiger partial charge in [0.2, 0.25) is 0 Å². The SMILES string of the molecule is CCCCCCCCCCCCCCCCCCCCCCCCCCCCCOC. The molecule has 0 atom stereocenters. The summed E-state index contributed by atoms with van der Waals surface area (Å²) in [5.41, 5.74) is 0. The van der Waals surface area contributed by atoms with E-state index in [0.717, 1.165) is 6.61 Å². The molecule has 0 aromatic carbocycles. The van der Waals surface area contributed by atoms with Gasteiger partial charge in [0.15, 0.2) is 0 Å². The standard InChI is InChI=1S/C30H62O/c1-3-4-5-6-7-8-9-10-11-12-13-14-15-16-17-18-19-20-21-22-23-24-25-26-27-28-29-30-31-2/h3-30H2,1-2H3. The first-order valence-corrected chi connectivity index (χ1v) is 14.9. The zero-order chi connectivity index (χ0) is 22.5.